The van der Waals surface area contributed by atoms with Gasteiger partial charge in [0.15, 0.2) is 28.4 Å². The van der Waals surface area contributed by atoms with Crippen LogP contribution >= 0.6 is 0 Å². The quantitative estimate of drug-likeness (QED) is 0.423. The summed E-state index contributed by atoms with van der Waals surface area (Å²) in [5.74, 6) is -1.33. The van der Waals surface area contributed by atoms with Gasteiger partial charge in [-0.25, -0.2) is 0 Å². The van der Waals surface area contributed by atoms with Gasteiger partial charge in [-0.15, -0.1) is 0 Å². The van der Waals surface area contributed by atoms with E-state index in [1.54, 1.807) is 0 Å². The molecule has 0 radical (unpaired) electrons. The van der Waals surface area contributed by atoms with Crippen LogP contribution in [0.4, 0.5) is 0 Å². The van der Waals surface area contributed by atoms with Gasteiger partial charge in [0.05, 0.1) is 18.1 Å². The fraction of sp³-hybridized carbons (Fsp3) is 0.0625. The minimum Gasteiger partial charge on any atom is -0.507 e. The highest BCUT2D eigenvalue weighted by molar-refractivity contribution is 5.83. The van der Waals surface area contributed by atoms with Crippen LogP contribution in [0.2, 0.25) is 0 Å². The van der Waals surface area contributed by atoms with E-state index >= 15 is 0 Å². The molecule has 0 saturated heterocycles. The molecule has 118 valence electrons. The predicted molar refractivity (Wildman–Crippen MR) is 81.1 cm³/mol. The number of methoxy groups -OCH3 is 1. The van der Waals surface area contributed by atoms with Crippen LogP contribution < -0.4 is 10.2 Å². The third kappa shape index (κ3) is 2.38. The van der Waals surface area contributed by atoms with Crippen LogP contribution in [0, 0.1) is 0 Å². The Kier molecular flexibility index (Phi) is 3.25. The lowest BCUT2D eigenvalue weighted by Crippen LogP contribution is -2.00. The Balaban J connectivity index is 2.27. The van der Waals surface area contributed by atoms with Crippen LogP contribution in [0.5, 0.6) is 28.7 Å². The van der Waals surface area contributed by atoms with Gasteiger partial charge in [-0.1, -0.05) is 0 Å². The van der Waals surface area contributed by atoms with Crippen molar-refractivity contribution in [1.29, 1.82) is 0 Å². The third-order valence-corrected chi connectivity index (χ3v) is 3.39. The van der Waals surface area contributed by atoms with Crippen LogP contribution in [0.15, 0.2) is 39.5 Å². The smallest absolute Gasteiger partial charge is 0.193 e. The third-order valence-electron chi connectivity index (χ3n) is 3.39. The normalized spacial score (nSPS) is 10.8. The molecule has 3 rings (SSSR count). The fourth-order valence-corrected chi connectivity index (χ4v) is 2.23. The Morgan fingerprint density at radius 2 is 1.57 bits per heavy atom. The second kappa shape index (κ2) is 5.13. The number of phenolic OH excluding ortho intramolecular Hbond substituents is 4. The molecule has 3 aromatic rings. The summed E-state index contributed by atoms with van der Waals surface area (Å²) >= 11 is 0. The zero-order valence-electron chi connectivity index (χ0n) is 11.9. The second-order valence-electron chi connectivity index (χ2n) is 4.85. The zero-order valence-corrected chi connectivity index (χ0v) is 11.9. The summed E-state index contributed by atoms with van der Waals surface area (Å²) in [4.78, 5) is 12.1. The first kappa shape index (κ1) is 14.6. The van der Waals surface area contributed by atoms with Gasteiger partial charge in [-0.2, -0.15) is 0 Å². The Morgan fingerprint density at radius 3 is 2.26 bits per heavy atom. The van der Waals surface area contributed by atoms with E-state index in [2.05, 4.69) is 0 Å². The number of phenols is 4. The highest BCUT2D eigenvalue weighted by Gasteiger charge is 2.16. The first-order valence-corrected chi connectivity index (χ1v) is 6.51. The molecule has 23 heavy (non-hydrogen) atoms. The lowest BCUT2D eigenvalue weighted by molar-refractivity contribution is 0.368. The largest absolute Gasteiger partial charge is 0.507 e. The van der Waals surface area contributed by atoms with Crippen LogP contribution in [0.1, 0.15) is 0 Å². The Bertz CT molecular complexity index is 972. The fourth-order valence-electron chi connectivity index (χ4n) is 2.23. The molecule has 4 N–H and O–H groups in total. The molecule has 0 saturated carbocycles. The number of aromatic hydroxyl groups is 4. The summed E-state index contributed by atoms with van der Waals surface area (Å²) in [7, 11) is 1.33. The molecule has 2 aromatic carbocycles. The van der Waals surface area contributed by atoms with Gasteiger partial charge in [-0.3, -0.25) is 4.79 Å². The summed E-state index contributed by atoms with van der Waals surface area (Å²) in [5.41, 5.74) is -0.376. The van der Waals surface area contributed by atoms with Crippen LogP contribution in [0.3, 0.4) is 0 Å². The zero-order chi connectivity index (χ0) is 16.7. The van der Waals surface area contributed by atoms with Gasteiger partial charge in [0.1, 0.15) is 17.1 Å². The van der Waals surface area contributed by atoms with Crippen molar-refractivity contribution in [2.45, 2.75) is 0 Å². The summed E-state index contributed by atoms with van der Waals surface area (Å²) in [5, 5.41) is 38.9. The van der Waals surface area contributed by atoms with Gasteiger partial charge in [-0.05, 0) is 12.1 Å². The number of hydrogen-bond donors (Lipinski definition) is 4. The van der Waals surface area contributed by atoms with E-state index in [4.69, 9.17) is 9.15 Å². The maximum absolute atomic E-state index is 12.1. The minimum atomic E-state index is -0.480. The molecule has 0 atom stereocenters. The van der Waals surface area contributed by atoms with Gasteiger partial charge in [0.2, 0.25) is 0 Å². The molecule has 0 amide bonds. The second-order valence-corrected chi connectivity index (χ2v) is 4.85. The summed E-state index contributed by atoms with van der Waals surface area (Å²) < 4.78 is 10.4. The molecule has 1 heterocycles. The van der Waals surface area contributed by atoms with Gasteiger partial charge in [0.25, 0.3) is 0 Å². The number of fused-ring (bicyclic) bond motifs is 1. The molecule has 0 aliphatic carbocycles. The van der Waals surface area contributed by atoms with E-state index in [-0.39, 0.29) is 39.5 Å². The van der Waals surface area contributed by atoms with Crippen LogP contribution in [-0.2, 0) is 0 Å². The maximum atomic E-state index is 12.1. The molecule has 0 aliphatic heterocycles. The van der Waals surface area contributed by atoms with Crippen molar-refractivity contribution in [3.63, 3.8) is 0 Å². The first-order valence-electron chi connectivity index (χ1n) is 6.51. The maximum Gasteiger partial charge on any atom is 0.193 e. The average molecular weight is 316 g/mol. The van der Waals surface area contributed by atoms with Crippen molar-refractivity contribution in [2.24, 2.45) is 0 Å². The van der Waals surface area contributed by atoms with E-state index in [1.807, 2.05) is 0 Å². The van der Waals surface area contributed by atoms with Crippen LogP contribution in [0.25, 0.3) is 22.3 Å². The molecule has 0 fully saturated rings. The van der Waals surface area contributed by atoms with Crippen molar-refractivity contribution in [3.8, 4) is 40.1 Å². The minimum absolute atomic E-state index is 0.0111. The van der Waals surface area contributed by atoms with E-state index in [9.17, 15) is 25.2 Å². The van der Waals surface area contributed by atoms with E-state index < -0.39 is 16.9 Å². The van der Waals surface area contributed by atoms with Gasteiger partial charge in [0, 0.05) is 18.2 Å². The summed E-state index contributed by atoms with van der Waals surface area (Å²) in [6.07, 6.45) is 0. The molecule has 1 aromatic heterocycles. The molecule has 0 bridgehead atoms. The molecular formula is C16H12O7. The van der Waals surface area contributed by atoms with Crippen molar-refractivity contribution in [3.05, 3.63) is 40.6 Å². The molecular weight excluding hydrogens is 304 g/mol. The highest BCUT2D eigenvalue weighted by atomic mass is 16.5. The Morgan fingerprint density at radius 1 is 0.870 bits per heavy atom. The molecule has 0 aliphatic rings. The Hall–Kier alpha value is -3.35. The summed E-state index contributed by atoms with van der Waals surface area (Å²) in [6, 6.07) is 5.67. The number of hydrogen-bond acceptors (Lipinski definition) is 7. The standard InChI is InChI=1S/C16H12O7/c1-22-16-5-10(18)8(3-13(16)21)14-4-9(17)7-2-11(19)12(20)6-15(7)23-14/h2-6,18-21H,1H3. The lowest BCUT2D eigenvalue weighted by Gasteiger charge is -2.09. The van der Waals surface area contributed by atoms with Crippen LogP contribution in [-0.4, -0.2) is 27.5 Å². The Labute approximate surface area is 129 Å². The number of rotatable bonds is 2. The molecule has 7 heteroatoms. The molecule has 0 spiro atoms. The molecule has 7 nitrogen and oxygen atoms in total. The predicted octanol–water partition coefficient (Wildman–Crippen LogP) is 2.29. The number of benzene rings is 2. The topological polar surface area (TPSA) is 120 Å². The van der Waals surface area contributed by atoms with E-state index in [0.717, 1.165) is 18.2 Å². The van der Waals surface area contributed by atoms with Crippen molar-refractivity contribution in [2.75, 3.05) is 7.11 Å². The van der Waals surface area contributed by atoms with E-state index in [1.165, 1.54) is 19.2 Å². The summed E-state index contributed by atoms with van der Waals surface area (Å²) in [6.45, 7) is 0. The highest BCUT2D eigenvalue weighted by Crippen LogP contribution is 2.39. The average Bonchev–Trinajstić information content (AvgIpc) is 2.51. The number of ether oxygens (including phenoxy) is 1. The monoisotopic (exact) mass is 316 g/mol. The molecule has 0 unspecified atom stereocenters. The first-order chi connectivity index (χ1) is 10.9. The van der Waals surface area contributed by atoms with Gasteiger partial charge >= 0.3 is 0 Å². The van der Waals surface area contributed by atoms with Crippen molar-refractivity contribution in [1.82, 2.24) is 0 Å². The van der Waals surface area contributed by atoms with Crippen molar-refractivity contribution < 1.29 is 29.6 Å². The van der Waals surface area contributed by atoms with E-state index in [0.29, 0.717) is 0 Å². The van der Waals surface area contributed by atoms with Gasteiger partial charge < -0.3 is 29.6 Å². The van der Waals surface area contributed by atoms with Crippen molar-refractivity contribution >= 4 is 11.0 Å². The SMILES string of the molecule is COc1cc(O)c(-c2cc(=O)c3cc(O)c(O)cc3o2)cc1O. The lowest BCUT2D eigenvalue weighted by atomic mass is 10.1.